The molecule has 0 aliphatic rings. The number of hydrogen-bond acceptors (Lipinski definition) is 2. The van der Waals surface area contributed by atoms with Gasteiger partial charge in [-0.1, -0.05) is 12.7 Å². The zero-order chi connectivity index (χ0) is 9.84. The average Bonchev–Trinajstić information content (AvgIpc) is 2.16. The molecule has 3 heteroatoms. The van der Waals surface area contributed by atoms with Crippen molar-refractivity contribution in [2.24, 2.45) is 0 Å². The van der Waals surface area contributed by atoms with Crippen LogP contribution in [-0.2, 0) is 0 Å². The molecule has 0 aliphatic heterocycles. The molecule has 1 aromatic rings. The molecule has 0 unspecified atom stereocenters. The molecule has 0 aliphatic carbocycles. The lowest BCUT2D eigenvalue weighted by molar-refractivity contribution is 0.0958. The van der Waals surface area contributed by atoms with Crippen LogP contribution in [0.25, 0.3) is 6.08 Å². The Balaban J connectivity index is 3.09. The van der Waals surface area contributed by atoms with Gasteiger partial charge in [-0.3, -0.25) is 9.78 Å². The third-order valence-corrected chi connectivity index (χ3v) is 1.83. The molecular weight excluding hydrogens is 164 g/mol. The highest BCUT2D eigenvalue weighted by molar-refractivity contribution is 5.92. The lowest BCUT2D eigenvalue weighted by Gasteiger charge is -2.02. The maximum atomic E-state index is 11.2. The van der Waals surface area contributed by atoms with E-state index in [2.05, 4.69) is 16.9 Å². The molecule has 0 fully saturated rings. The van der Waals surface area contributed by atoms with Crippen molar-refractivity contribution in [2.75, 3.05) is 7.05 Å². The van der Waals surface area contributed by atoms with Crippen LogP contribution in [0.3, 0.4) is 0 Å². The van der Waals surface area contributed by atoms with E-state index in [9.17, 15) is 4.79 Å². The van der Waals surface area contributed by atoms with Gasteiger partial charge in [0.1, 0.15) is 5.69 Å². The quantitative estimate of drug-likeness (QED) is 0.740. The van der Waals surface area contributed by atoms with Crippen LogP contribution in [-0.4, -0.2) is 17.9 Å². The summed E-state index contributed by atoms with van der Waals surface area (Å²) in [6.45, 7) is 5.57. The number of aryl methyl sites for hydroxylation is 1. The minimum absolute atomic E-state index is 0.168. The van der Waals surface area contributed by atoms with E-state index in [0.717, 1.165) is 11.1 Å². The molecule has 0 radical (unpaired) electrons. The molecule has 1 amide bonds. The number of rotatable bonds is 2. The first kappa shape index (κ1) is 9.45. The van der Waals surface area contributed by atoms with Crippen LogP contribution in [0, 0.1) is 6.92 Å². The Hall–Kier alpha value is -1.64. The summed E-state index contributed by atoms with van der Waals surface area (Å²) in [5.74, 6) is -0.168. The van der Waals surface area contributed by atoms with Crippen LogP contribution in [0.5, 0.6) is 0 Å². The van der Waals surface area contributed by atoms with Gasteiger partial charge >= 0.3 is 0 Å². The maximum Gasteiger partial charge on any atom is 0.269 e. The van der Waals surface area contributed by atoms with E-state index in [-0.39, 0.29) is 5.91 Å². The van der Waals surface area contributed by atoms with Gasteiger partial charge in [-0.25, -0.2) is 0 Å². The van der Waals surface area contributed by atoms with Crippen molar-refractivity contribution in [3.8, 4) is 0 Å². The van der Waals surface area contributed by atoms with Gasteiger partial charge in [0.25, 0.3) is 5.91 Å². The first-order valence-electron chi connectivity index (χ1n) is 4.00. The fourth-order valence-corrected chi connectivity index (χ4v) is 1.03. The highest BCUT2D eigenvalue weighted by atomic mass is 16.1. The topological polar surface area (TPSA) is 42.0 Å². The number of nitrogens with one attached hydrogen (secondary N) is 1. The summed E-state index contributed by atoms with van der Waals surface area (Å²) in [5, 5.41) is 2.52. The molecule has 1 heterocycles. The molecule has 0 aromatic carbocycles. The molecule has 0 saturated heterocycles. The lowest BCUT2D eigenvalue weighted by atomic mass is 10.1. The number of nitrogens with zero attached hydrogens (tertiary/aromatic N) is 1. The van der Waals surface area contributed by atoms with Gasteiger partial charge in [-0.2, -0.15) is 0 Å². The monoisotopic (exact) mass is 176 g/mol. The van der Waals surface area contributed by atoms with Gasteiger partial charge in [0, 0.05) is 13.2 Å². The van der Waals surface area contributed by atoms with E-state index in [0.29, 0.717) is 5.69 Å². The summed E-state index contributed by atoms with van der Waals surface area (Å²) < 4.78 is 0. The molecule has 0 spiro atoms. The Morgan fingerprint density at radius 1 is 1.69 bits per heavy atom. The SMILES string of the molecule is C=Cc1cnc(C(=O)NC)cc1C. The van der Waals surface area contributed by atoms with Crippen LogP contribution >= 0.6 is 0 Å². The van der Waals surface area contributed by atoms with Gasteiger partial charge < -0.3 is 5.32 Å². The van der Waals surface area contributed by atoms with Crippen molar-refractivity contribution in [1.29, 1.82) is 0 Å². The lowest BCUT2D eigenvalue weighted by Crippen LogP contribution is -2.19. The summed E-state index contributed by atoms with van der Waals surface area (Å²) >= 11 is 0. The molecular formula is C10H12N2O. The van der Waals surface area contributed by atoms with E-state index in [1.165, 1.54) is 0 Å². The molecule has 3 nitrogen and oxygen atoms in total. The molecule has 0 saturated carbocycles. The van der Waals surface area contributed by atoms with Crippen LogP contribution in [0.15, 0.2) is 18.8 Å². The van der Waals surface area contributed by atoms with Gasteiger partial charge in [0.2, 0.25) is 0 Å². The second-order valence-corrected chi connectivity index (χ2v) is 2.71. The third-order valence-electron chi connectivity index (χ3n) is 1.83. The molecule has 1 N–H and O–H groups in total. The van der Waals surface area contributed by atoms with Crippen molar-refractivity contribution in [3.63, 3.8) is 0 Å². The Labute approximate surface area is 77.5 Å². The predicted molar refractivity (Wildman–Crippen MR) is 52.5 cm³/mol. The Bertz CT molecular complexity index is 345. The zero-order valence-corrected chi connectivity index (χ0v) is 7.79. The Kier molecular flexibility index (Phi) is 2.80. The van der Waals surface area contributed by atoms with E-state index < -0.39 is 0 Å². The maximum absolute atomic E-state index is 11.2. The van der Waals surface area contributed by atoms with Gasteiger partial charge in [0.05, 0.1) is 0 Å². The van der Waals surface area contributed by atoms with Crippen LogP contribution in [0.2, 0.25) is 0 Å². The van der Waals surface area contributed by atoms with Gasteiger partial charge in [0.15, 0.2) is 0 Å². The van der Waals surface area contributed by atoms with Crippen LogP contribution < -0.4 is 5.32 Å². The number of pyridine rings is 1. The van der Waals surface area contributed by atoms with Crippen LogP contribution in [0.1, 0.15) is 21.6 Å². The highest BCUT2D eigenvalue weighted by Gasteiger charge is 2.05. The van der Waals surface area contributed by atoms with Crippen molar-refractivity contribution in [3.05, 3.63) is 35.7 Å². The minimum atomic E-state index is -0.168. The minimum Gasteiger partial charge on any atom is -0.354 e. The Morgan fingerprint density at radius 2 is 2.38 bits per heavy atom. The van der Waals surface area contributed by atoms with E-state index >= 15 is 0 Å². The van der Waals surface area contributed by atoms with Crippen molar-refractivity contribution >= 4 is 12.0 Å². The number of carbonyl (C=O) groups is 1. The zero-order valence-electron chi connectivity index (χ0n) is 7.79. The van der Waals surface area contributed by atoms with Crippen molar-refractivity contribution in [2.45, 2.75) is 6.92 Å². The summed E-state index contributed by atoms with van der Waals surface area (Å²) in [6.07, 6.45) is 3.36. The molecule has 68 valence electrons. The van der Waals surface area contributed by atoms with E-state index in [1.54, 1.807) is 25.4 Å². The third kappa shape index (κ3) is 1.93. The smallest absolute Gasteiger partial charge is 0.269 e. The first-order valence-corrected chi connectivity index (χ1v) is 4.00. The molecule has 0 atom stereocenters. The fourth-order valence-electron chi connectivity index (χ4n) is 1.03. The summed E-state index contributed by atoms with van der Waals surface area (Å²) in [6, 6.07) is 1.75. The summed E-state index contributed by atoms with van der Waals surface area (Å²) in [7, 11) is 1.58. The largest absolute Gasteiger partial charge is 0.354 e. The van der Waals surface area contributed by atoms with Gasteiger partial charge in [-0.05, 0) is 24.1 Å². The fraction of sp³-hybridized carbons (Fsp3) is 0.200. The van der Waals surface area contributed by atoms with E-state index in [4.69, 9.17) is 0 Å². The molecule has 1 aromatic heterocycles. The van der Waals surface area contributed by atoms with Crippen molar-refractivity contribution < 1.29 is 4.79 Å². The van der Waals surface area contributed by atoms with Crippen LogP contribution in [0.4, 0.5) is 0 Å². The normalized spacial score (nSPS) is 9.38. The predicted octanol–water partition coefficient (Wildman–Crippen LogP) is 1.39. The summed E-state index contributed by atoms with van der Waals surface area (Å²) in [5.41, 5.74) is 2.39. The van der Waals surface area contributed by atoms with Crippen molar-refractivity contribution in [1.82, 2.24) is 10.3 Å². The van der Waals surface area contributed by atoms with Gasteiger partial charge in [-0.15, -0.1) is 0 Å². The number of aromatic nitrogens is 1. The number of amides is 1. The second-order valence-electron chi connectivity index (χ2n) is 2.71. The summed E-state index contributed by atoms with van der Waals surface area (Å²) in [4.78, 5) is 15.2. The van der Waals surface area contributed by atoms with E-state index in [1.807, 2.05) is 6.92 Å². The highest BCUT2D eigenvalue weighted by Crippen LogP contribution is 2.08. The second kappa shape index (κ2) is 3.85. The Morgan fingerprint density at radius 3 is 2.85 bits per heavy atom. The standard InChI is InChI=1S/C10H12N2O/c1-4-8-6-12-9(5-7(8)2)10(13)11-3/h4-6H,1H2,2-3H3,(H,11,13). The molecule has 13 heavy (non-hydrogen) atoms. The number of carbonyl (C=O) groups excluding carboxylic acids is 1. The average molecular weight is 176 g/mol. The molecule has 0 bridgehead atoms. The number of hydrogen-bond donors (Lipinski definition) is 1. The molecule has 1 rings (SSSR count). The first-order chi connectivity index (χ1) is 6.19.